The number of hydrogen-bond donors (Lipinski definition) is 1. The molecule has 4 fully saturated rings. The minimum Gasteiger partial charge on any atom is -1.00 e. The average Bonchev–Trinajstić information content (AvgIpc) is 3.33. The molecule has 2 bridgehead atoms. The molecular formula is C31H38ClN3O2. The summed E-state index contributed by atoms with van der Waals surface area (Å²) in [5, 5.41) is 7.34. The summed E-state index contributed by atoms with van der Waals surface area (Å²) in [6, 6.07) is 21.5. The number of ether oxygens (including phenoxy) is 1. The van der Waals surface area contributed by atoms with Gasteiger partial charge in [0.2, 0.25) is 0 Å². The number of nitrogens with zero attached hydrogens (tertiary/aromatic N) is 2. The molecule has 3 saturated heterocycles. The number of piperidine rings is 3. The van der Waals surface area contributed by atoms with Gasteiger partial charge in [-0.3, -0.25) is 9.89 Å². The molecule has 7 rings (SSSR count). The Hall–Kier alpha value is -2.63. The number of aromatic nitrogens is 2. The number of nitrogens with one attached hydrogen (secondary N) is 1. The smallest absolute Gasteiger partial charge is 0.317 e. The summed E-state index contributed by atoms with van der Waals surface area (Å²) in [6.07, 6.45) is 12.6. The summed E-state index contributed by atoms with van der Waals surface area (Å²) in [6.45, 7) is 3.12. The van der Waals surface area contributed by atoms with Crippen molar-refractivity contribution in [3.63, 3.8) is 0 Å². The SMILES string of the molecule is O=C(OC1C[N+]2(C(c3ccccc3)c3cn[nH]c3)CCC1CC2)C1(c2ccccc2)CCCCCC1.[Cl-]. The van der Waals surface area contributed by atoms with Crippen LogP contribution in [-0.4, -0.2) is 46.4 Å². The molecule has 4 aliphatic rings. The lowest BCUT2D eigenvalue weighted by Gasteiger charge is -2.55. The standard InChI is InChI=1S/C31H38N3O2.ClH/c35-30(31(17-9-1-2-10-18-31)27-13-7-4-8-14-27)36-28-23-34(19-15-24(28)16-20-34)29(26-21-32-33-22-26)25-11-5-3-6-12-25;/h3-8,11-14,21-22,24,28-29H,1-2,9-10,15-20,23H2,(H,32,33);1H/q+1;/p-1. The molecule has 1 saturated carbocycles. The van der Waals surface area contributed by atoms with E-state index < -0.39 is 5.41 Å². The molecule has 1 aromatic heterocycles. The van der Waals surface area contributed by atoms with E-state index >= 15 is 0 Å². The molecule has 1 aliphatic carbocycles. The average molecular weight is 520 g/mol. The Labute approximate surface area is 226 Å². The molecule has 4 heterocycles. The van der Waals surface area contributed by atoms with Crippen molar-refractivity contribution in [3.8, 4) is 0 Å². The Morgan fingerprint density at radius 2 is 1.57 bits per heavy atom. The van der Waals surface area contributed by atoms with Crippen LogP contribution in [0.3, 0.4) is 0 Å². The summed E-state index contributed by atoms with van der Waals surface area (Å²) >= 11 is 0. The van der Waals surface area contributed by atoms with Crippen LogP contribution in [0.2, 0.25) is 0 Å². The number of quaternary nitrogens is 1. The van der Waals surface area contributed by atoms with Gasteiger partial charge < -0.3 is 21.6 Å². The van der Waals surface area contributed by atoms with E-state index in [1.807, 2.05) is 18.5 Å². The van der Waals surface area contributed by atoms with Gasteiger partial charge in [-0.2, -0.15) is 5.10 Å². The van der Waals surface area contributed by atoms with Gasteiger partial charge in [0, 0.05) is 30.5 Å². The number of halogens is 1. The number of fused-ring (bicyclic) bond motifs is 3. The fourth-order valence-electron chi connectivity index (χ4n) is 7.48. The first-order valence-electron chi connectivity index (χ1n) is 13.9. The summed E-state index contributed by atoms with van der Waals surface area (Å²) in [5.41, 5.74) is 3.17. The lowest BCUT2D eigenvalue weighted by Crippen LogP contribution is -3.00. The highest BCUT2D eigenvalue weighted by atomic mass is 35.5. The van der Waals surface area contributed by atoms with Gasteiger partial charge in [-0.1, -0.05) is 86.3 Å². The zero-order chi connectivity index (χ0) is 24.4. The van der Waals surface area contributed by atoms with Crippen molar-refractivity contribution in [2.45, 2.75) is 68.9 Å². The highest BCUT2D eigenvalue weighted by molar-refractivity contribution is 5.83. The highest BCUT2D eigenvalue weighted by Gasteiger charge is 2.53. The van der Waals surface area contributed by atoms with E-state index in [1.54, 1.807) is 0 Å². The number of hydrogen-bond acceptors (Lipinski definition) is 3. The van der Waals surface area contributed by atoms with Crippen LogP contribution in [0.5, 0.6) is 0 Å². The van der Waals surface area contributed by atoms with Crippen molar-refractivity contribution in [2.24, 2.45) is 5.92 Å². The van der Waals surface area contributed by atoms with E-state index in [0.717, 1.165) is 68.2 Å². The van der Waals surface area contributed by atoms with Gasteiger partial charge in [-0.05, 0) is 18.4 Å². The Morgan fingerprint density at radius 1 is 0.919 bits per heavy atom. The van der Waals surface area contributed by atoms with Crippen molar-refractivity contribution in [1.82, 2.24) is 10.2 Å². The Bertz CT molecular complexity index is 1140. The molecule has 2 atom stereocenters. The predicted molar refractivity (Wildman–Crippen MR) is 140 cm³/mol. The minimum atomic E-state index is -0.502. The molecule has 1 N–H and O–H groups in total. The maximum atomic E-state index is 14.1. The number of carbonyl (C=O) groups excluding carboxylic acids is 1. The first kappa shape index (κ1) is 26.0. The third-order valence-corrected chi connectivity index (χ3v) is 9.39. The number of H-pyrrole nitrogens is 1. The zero-order valence-corrected chi connectivity index (χ0v) is 22.3. The molecule has 0 radical (unpaired) electrons. The molecule has 196 valence electrons. The van der Waals surface area contributed by atoms with E-state index in [1.165, 1.54) is 24.0 Å². The van der Waals surface area contributed by atoms with Gasteiger partial charge in [0.25, 0.3) is 0 Å². The minimum absolute atomic E-state index is 0. The number of aromatic amines is 1. The van der Waals surface area contributed by atoms with Crippen LogP contribution in [0.4, 0.5) is 0 Å². The van der Waals surface area contributed by atoms with Crippen LogP contribution in [0.1, 0.15) is 74.1 Å². The topological polar surface area (TPSA) is 55.0 Å². The Balaban J connectivity index is 0.00000280. The molecule has 37 heavy (non-hydrogen) atoms. The number of rotatable bonds is 6. The van der Waals surface area contributed by atoms with Gasteiger partial charge in [0.1, 0.15) is 12.6 Å². The number of benzene rings is 2. The summed E-state index contributed by atoms with van der Waals surface area (Å²) in [7, 11) is 0. The van der Waals surface area contributed by atoms with Crippen molar-refractivity contribution < 1.29 is 26.4 Å². The van der Waals surface area contributed by atoms with Crippen LogP contribution in [0.15, 0.2) is 73.1 Å². The van der Waals surface area contributed by atoms with E-state index in [2.05, 4.69) is 64.8 Å². The summed E-state index contributed by atoms with van der Waals surface area (Å²) in [4.78, 5) is 14.1. The maximum Gasteiger partial charge on any atom is 0.317 e. The van der Waals surface area contributed by atoms with Crippen LogP contribution in [0.25, 0.3) is 0 Å². The Morgan fingerprint density at radius 3 is 2.19 bits per heavy atom. The predicted octanol–water partition coefficient (Wildman–Crippen LogP) is 2.95. The highest BCUT2D eigenvalue weighted by Crippen LogP contribution is 2.46. The molecule has 3 aromatic rings. The van der Waals surface area contributed by atoms with Gasteiger partial charge in [0.05, 0.1) is 30.3 Å². The van der Waals surface area contributed by atoms with Crippen LogP contribution < -0.4 is 12.4 Å². The van der Waals surface area contributed by atoms with Crippen LogP contribution >= 0.6 is 0 Å². The third-order valence-electron chi connectivity index (χ3n) is 9.39. The fraction of sp³-hybridized carbons (Fsp3) is 0.484. The molecule has 0 spiro atoms. The molecule has 2 unspecified atom stereocenters. The Kier molecular flexibility index (Phi) is 7.73. The van der Waals surface area contributed by atoms with Crippen molar-refractivity contribution in [1.29, 1.82) is 0 Å². The number of carbonyl (C=O) groups is 1. The molecule has 6 heteroatoms. The normalized spacial score (nSPS) is 27.5. The second-order valence-corrected chi connectivity index (χ2v) is 11.3. The van der Waals surface area contributed by atoms with Gasteiger partial charge >= 0.3 is 5.97 Å². The van der Waals surface area contributed by atoms with E-state index in [4.69, 9.17) is 4.74 Å². The first-order chi connectivity index (χ1) is 17.7. The molecule has 3 aliphatic heterocycles. The van der Waals surface area contributed by atoms with Gasteiger partial charge in [-0.15, -0.1) is 0 Å². The molecular weight excluding hydrogens is 482 g/mol. The van der Waals surface area contributed by atoms with Gasteiger partial charge in [0.15, 0.2) is 6.10 Å². The lowest BCUT2D eigenvalue weighted by molar-refractivity contribution is -0.968. The van der Waals surface area contributed by atoms with Crippen molar-refractivity contribution >= 4 is 5.97 Å². The van der Waals surface area contributed by atoms with Crippen molar-refractivity contribution in [3.05, 3.63) is 89.7 Å². The summed E-state index contributed by atoms with van der Waals surface area (Å²) < 4.78 is 7.57. The van der Waals surface area contributed by atoms with E-state index in [-0.39, 0.29) is 30.5 Å². The number of esters is 1. The van der Waals surface area contributed by atoms with Crippen LogP contribution in [-0.2, 0) is 14.9 Å². The van der Waals surface area contributed by atoms with Crippen LogP contribution in [0, 0.1) is 5.92 Å². The van der Waals surface area contributed by atoms with E-state index in [0.29, 0.717) is 5.92 Å². The quantitative estimate of drug-likeness (QED) is 0.309. The maximum absolute atomic E-state index is 14.1. The molecule has 0 amide bonds. The lowest BCUT2D eigenvalue weighted by atomic mass is 9.74. The largest absolute Gasteiger partial charge is 1.00 e. The first-order valence-corrected chi connectivity index (χ1v) is 13.9. The summed E-state index contributed by atoms with van der Waals surface area (Å²) in [5.74, 6) is 0.486. The second-order valence-electron chi connectivity index (χ2n) is 11.3. The van der Waals surface area contributed by atoms with Gasteiger partial charge in [-0.25, -0.2) is 0 Å². The zero-order valence-electron chi connectivity index (χ0n) is 21.5. The van der Waals surface area contributed by atoms with E-state index in [9.17, 15) is 4.79 Å². The molecule has 2 aromatic carbocycles. The third kappa shape index (κ3) is 4.84. The fourth-order valence-corrected chi connectivity index (χ4v) is 7.48. The monoisotopic (exact) mass is 519 g/mol. The molecule has 5 nitrogen and oxygen atoms in total. The van der Waals surface area contributed by atoms with Crippen molar-refractivity contribution in [2.75, 3.05) is 19.6 Å². The second kappa shape index (κ2) is 11.0.